The number of nitrogens with zero attached hydrogens (tertiary/aromatic N) is 1. The first kappa shape index (κ1) is 13.8. The largest absolute Gasteiger partial charge is 0.306 e. The molecule has 0 bridgehead atoms. The fraction of sp³-hybridized carbons (Fsp3) is 0.353. The van der Waals surface area contributed by atoms with E-state index in [1.165, 1.54) is 11.1 Å². The van der Waals surface area contributed by atoms with Crippen molar-refractivity contribution in [1.29, 1.82) is 0 Å². The predicted octanol–water partition coefficient (Wildman–Crippen LogP) is 3.79. The van der Waals surface area contributed by atoms with Gasteiger partial charge in [0.25, 0.3) is 0 Å². The van der Waals surface area contributed by atoms with E-state index in [4.69, 9.17) is 0 Å². The predicted molar refractivity (Wildman–Crippen MR) is 80.3 cm³/mol. The molecule has 1 N–H and O–H groups in total. The third-order valence-corrected chi connectivity index (χ3v) is 3.31. The van der Waals surface area contributed by atoms with Gasteiger partial charge >= 0.3 is 0 Å². The molecule has 100 valence electrons. The zero-order chi connectivity index (χ0) is 13.7. The van der Waals surface area contributed by atoms with Gasteiger partial charge in [-0.1, -0.05) is 43.3 Å². The maximum atomic E-state index is 4.59. The summed E-state index contributed by atoms with van der Waals surface area (Å²) < 4.78 is 0. The van der Waals surface area contributed by atoms with Crippen molar-refractivity contribution in [2.24, 2.45) is 0 Å². The molecule has 1 unspecified atom stereocenters. The van der Waals surface area contributed by atoms with Gasteiger partial charge < -0.3 is 5.32 Å². The Labute approximate surface area is 115 Å². The van der Waals surface area contributed by atoms with Gasteiger partial charge in [0.15, 0.2) is 0 Å². The highest BCUT2D eigenvalue weighted by molar-refractivity contribution is 5.34. The van der Waals surface area contributed by atoms with E-state index in [2.05, 4.69) is 66.6 Å². The monoisotopic (exact) mass is 254 g/mol. The molecule has 0 aliphatic rings. The number of hydrogen-bond acceptors (Lipinski definition) is 2. The molecule has 0 aliphatic carbocycles. The van der Waals surface area contributed by atoms with Gasteiger partial charge in [-0.2, -0.15) is 0 Å². The number of benzene rings is 1. The van der Waals surface area contributed by atoms with Crippen LogP contribution in [0.2, 0.25) is 0 Å². The Morgan fingerprint density at radius 1 is 1.05 bits per heavy atom. The summed E-state index contributed by atoms with van der Waals surface area (Å²) in [5.74, 6) is 0. The number of nitrogens with one attached hydrogen (secondary N) is 1. The average molecular weight is 254 g/mol. The van der Waals surface area contributed by atoms with Crippen molar-refractivity contribution in [3.8, 4) is 0 Å². The first-order chi connectivity index (χ1) is 9.22. The molecule has 0 radical (unpaired) electrons. The molecule has 0 fully saturated rings. The van der Waals surface area contributed by atoms with Gasteiger partial charge in [0.2, 0.25) is 0 Å². The Kier molecular flexibility index (Phi) is 4.69. The molecule has 1 aromatic heterocycles. The third-order valence-electron chi connectivity index (χ3n) is 3.31. The molecule has 2 aromatic rings. The zero-order valence-electron chi connectivity index (χ0n) is 12.0. The minimum absolute atomic E-state index is 0.231. The molecular weight excluding hydrogens is 232 g/mol. The summed E-state index contributed by atoms with van der Waals surface area (Å²) in [5, 5.41) is 3.62. The van der Waals surface area contributed by atoms with E-state index in [1.807, 2.05) is 6.92 Å². The standard InChI is InChI=1S/C17H22N2/c1-4-12-18-17(15-8-6-5-7-9-15)16-11-10-13(2)19-14(16)3/h5-11,17-18H,4,12H2,1-3H3. The molecule has 1 aromatic carbocycles. The summed E-state index contributed by atoms with van der Waals surface area (Å²) in [4.78, 5) is 4.59. The van der Waals surface area contributed by atoms with E-state index in [1.54, 1.807) is 0 Å². The Balaban J connectivity index is 2.37. The summed E-state index contributed by atoms with van der Waals surface area (Å²) in [6.45, 7) is 7.32. The summed E-state index contributed by atoms with van der Waals surface area (Å²) in [5.41, 5.74) is 4.75. The van der Waals surface area contributed by atoms with Gasteiger partial charge in [0.1, 0.15) is 0 Å². The van der Waals surface area contributed by atoms with Crippen molar-refractivity contribution in [1.82, 2.24) is 10.3 Å². The van der Waals surface area contributed by atoms with Crippen LogP contribution in [0.4, 0.5) is 0 Å². The summed E-state index contributed by atoms with van der Waals surface area (Å²) in [6.07, 6.45) is 1.13. The zero-order valence-corrected chi connectivity index (χ0v) is 12.0. The van der Waals surface area contributed by atoms with Crippen LogP contribution in [0.15, 0.2) is 42.5 Å². The molecule has 2 rings (SSSR count). The van der Waals surface area contributed by atoms with Gasteiger partial charge in [0.05, 0.1) is 6.04 Å². The minimum atomic E-state index is 0.231. The summed E-state index contributed by atoms with van der Waals surface area (Å²) in [6, 6.07) is 15.1. The average Bonchev–Trinajstić information content (AvgIpc) is 2.42. The lowest BCUT2D eigenvalue weighted by Crippen LogP contribution is -2.24. The second kappa shape index (κ2) is 6.48. The van der Waals surface area contributed by atoms with Crippen LogP contribution in [0.5, 0.6) is 0 Å². The second-order valence-electron chi connectivity index (χ2n) is 4.93. The molecular formula is C17H22N2. The van der Waals surface area contributed by atoms with Crippen LogP contribution in [-0.4, -0.2) is 11.5 Å². The quantitative estimate of drug-likeness (QED) is 0.878. The molecule has 0 aliphatic heterocycles. The van der Waals surface area contributed by atoms with E-state index >= 15 is 0 Å². The lowest BCUT2D eigenvalue weighted by atomic mass is 9.97. The summed E-state index contributed by atoms with van der Waals surface area (Å²) >= 11 is 0. The van der Waals surface area contributed by atoms with Crippen LogP contribution < -0.4 is 5.32 Å². The highest BCUT2D eigenvalue weighted by atomic mass is 14.9. The van der Waals surface area contributed by atoms with Crippen LogP contribution in [0.3, 0.4) is 0 Å². The molecule has 0 saturated heterocycles. The van der Waals surface area contributed by atoms with Gasteiger partial charge in [-0.15, -0.1) is 0 Å². The molecule has 19 heavy (non-hydrogen) atoms. The van der Waals surface area contributed by atoms with Crippen LogP contribution in [0.25, 0.3) is 0 Å². The van der Waals surface area contributed by atoms with Crippen LogP contribution in [-0.2, 0) is 0 Å². The molecule has 1 heterocycles. The lowest BCUT2D eigenvalue weighted by molar-refractivity contribution is 0.593. The third kappa shape index (κ3) is 3.42. The van der Waals surface area contributed by atoms with E-state index in [0.717, 1.165) is 24.4 Å². The van der Waals surface area contributed by atoms with E-state index in [9.17, 15) is 0 Å². The first-order valence-corrected chi connectivity index (χ1v) is 6.95. The van der Waals surface area contributed by atoms with Crippen LogP contribution in [0, 0.1) is 13.8 Å². The van der Waals surface area contributed by atoms with E-state index < -0.39 is 0 Å². The SMILES string of the molecule is CCCNC(c1ccccc1)c1ccc(C)nc1C. The van der Waals surface area contributed by atoms with Crippen molar-refractivity contribution in [3.05, 3.63) is 65.0 Å². The fourth-order valence-corrected chi connectivity index (χ4v) is 2.34. The maximum absolute atomic E-state index is 4.59. The second-order valence-corrected chi connectivity index (χ2v) is 4.93. The fourth-order valence-electron chi connectivity index (χ4n) is 2.34. The summed E-state index contributed by atoms with van der Waals surface area (Å²) in [7, 11) is 0. The maximum Gasteiger partial charge on any atom is 0.0594 e. The minimum Gasteiger partial charge on any atom is -0.306 e. The van der Waals surface area contributed by atoms with E-state index in [-0.39, 0.29) is 6.04 Å². The van der Waals surface area contributed by atoms with Gasteiger partial charge in [-0.25, -0.2) is 0 Å². The number of hydrogen-bond donors (Lipinski definition) is 1. The van der Waals surface area contributed by atoms with Gasteiger partial charge in [-0.3, -0.25) is 4.98 Å². The topological polar surface area (TPSA) is 24.9 Å². The highest BCUT2D eigenvalue weighted by Crippen LogP contribution is 2.24. The molecule has 0 saturated carbocycles. The van der Waals surface area contributed by atoms with Crippen molar-refractivity contribution >= 4 is 0 Å². The molecule has 0 spiro atoms. The molecule has 0 amide bonds. The van der Waals surface area contributed by atoms with Crippen molar-refractivity contribution in [2.75, 3.05) is 6.54 Å². The smallest absolute Gasteiger partial charge is 0.0594 e. The van der Waals surface area contributed by atoms with Crippen molar-refractivity contribution < 1.29 is 0 Å². The Morgan fingerprint density at radius 2 is 1.79 bits per heavy atom. The van der Waals surface area contributed by atoms with Gasteiger partial charge in [-0.05, 0) is 44.0 Å². The van der Waals surface area contributed by atoms with E-state index in [0.29, 0.717) is 0 Å². The van der Waals surface area contributed by atoms with Crippen molar-refractivity contribution in [3.63, 3.8) is 0 Å². The number of aromatic nitrogens is 1. The molecule has 1 atom stereocenters. The molecule has 2 nitrogen and oxygen atoms in total. The van der Waals surface area contributed by atoms with Crippen LogP contribution >= 0.6 is 0 Å². The Bertz CT molecular complexity index is 520. The number of rotatable bonds is 5. The molecule has 2 heteroatoms. The highest BCUT2D eigenvalue weighted by Gasteiger charge is 2.15. The number of pyridine rings is 1. The van der Waals surface area contributed by atoms with Crippen molar-refractivity contribution in [2.45, 2.75) is 33.2 Å². The first-order valence-electron chi connectivity index (χ1n) is 6.95. The van der Waals surface area contributed by atoms with Gasteiger partial charge in [0, 0.05) is 11.4 Å². The normalized spacial score (nSPS) is 12.4. The Hall–Kier alpha value is -1.67. The van der Waals surface area contributed by atoms with Crippen LogP contribution in [0.1, 0.15) is 41.9 Å². The lowest BCUT2D eigenvalue weighted by Gasteiger charge is -2.21. The number of aryl methyl sites for hydroxylation is 2. The Morgan fingerprint density at radius 3 is 2.42 bits per heavy atom.